The normalized spacial score (nSPS) is 22.6. The molecule has 0 bridgehead atoms. The van der Waals surface area contributed by atoms with Crippen LogP contribution < -0.4 is 5.32 Å². The SMILES string of the molecule is CN1CCOC(C)(C(=O)NCc2cccc3ccccc23)C1. The zero-order valence-corrected chi connectivity index (χ0v) is 13.1. The number of carbonyl (C=O) groups excluding carboxylic acids is 1. The van der Waals surface area contributed by atoms with Gasteiger partial charge in [0, 0.05) is 19.6 Å². The molecule has 0 aromatic heterocycles. The minimum absolute atomic E-state index is 0.0491. The van der Waals surface area contributed by atoms with E-state index in [4.69, 9.17) is 4.74 Å². The zero-order valence-electron chi connectivity index (χ0n) is 13.1. The lowest BCUT2D eigenvalue weighted by Gasteiger charge is -2.37. The lowest BCUT2D eigenvalue weighted by Crippen LogP contribution is -2.57. The second-order valence-corrected chi connectivity index (χ2v) is 6.14. The first-order chi connectivity index (χ1) is 10.6. The molecule has 1 saturated heterocycles. The van der Waals surface area contributed by atoms with Crippen molar-refractivity contribution in [1.29, 1.82) is 0 Å². The molecule has 1 N–H and O–H groups in total. The minimum Gasteiger partial charge on any atom is -0.363 e. The number of ether oxygens (including phenoxy) is 1. The number of hydrogen-bond donors (Lipinski definition) is 1. The number of benzene rings is 2. The van der Waals surface area contributed by atoms with E-state index >= 15 is 0 Å². The van der Waals surface area contributed by atoms with Crippen molar-refractivity contribution in [2.24, 2.45) is 0 Å². The smallest absolute Gasteiger partial charge is 0.253 e. The molecule has 0 saturated carbocycles. The summed E-state index contributed by atoms with van der Waals surface area (Å²) >= 11 is 0. The molecule has 22 heavy (non-hydrogen) atoms. The van der Waals surface area contributed by atoms with Gasteiger partial charge in [-0.3, -0.25) is 4.79 Å². The fourth-order valence-electron chi connectivity index (χ4n) is 3.01. The summed E-state index contributed by atoms with van der Waals surface area (Å²) in [6.07, 6.45) is 0. The maximum absolute atomic E-state index is 12.5. The van der Waals surface area contributed by atoms with E-state index in [1.165, 1.54) is 10.8 Å². The Morgan fingerprint density at radius 3 is 2.86 bits per heavy atom. The highest BCUT2D eigenvalue weighted by Crippen LogP contribution is 2.20. The Balaban J connectivity index is 1.72. The molecule has 3 rings (SSSR count). The van der Waals surface area contributed by atoms with Crippen LogP contribution in [0.2, 0.25) is 0 Å². The summed E-state index contributed by atoms with van der Waals surface area (Å²) in [4.78, 5) is 14.6. The van der Waals surface area contributed by atoms with Crippen LogP contribution in [-0.2, 0) is 16.1 Å². The van der Waals surface area contributed by atoms with Crippen LogP contribution >= 0.6 is 0 Å². The van der Waals surface area contributed by atoms with Crippen molar-refractivity contribution in [1.82, 2.24) is 10.2 Å². The van der Waals surface area contributed by atoms with Gasteiger partial charge in [0.1, 0.15) is 0 Å². The summed E-state index contributed by atoms with van der Waals surface area (Å²) in [6, 6.07) is 14.4. The van der Waals surface area contributed by atoms with Gasteiger partial charge in [-0.1, -0.05) is 42.5 Å². The summed E-state index contributed by atoms with van der Waals surface area (Å²) < 4.78 is 5.72. The van der Waals surface area contributed by atoms with Gasteiger partial charge in [0.05, 0.1) is 6.61 Å². The highest BCUT2D eigenvalue weighted by molar-refractivity contribution is 5.88. The quantitative estimate of drug-likeness (QED) is 0.944. The van der Waals surface area contributed by atoms with Crippen LogP contribution in [0.25, 0.3) is 10.8 Å². The number of likely N-dealkylation sites (N-methyl/N-ethyl adjacent to an activating group) is 1. The van der Waals surface area contributed by atoms with Crippen LogP contribution in [0.5, 0.6) is 0 Å². The molecule has 116 valence electrons. The Labute approximate surface area is 131 Å². The van der Waals surface area contributed by atoms with Crippen molar-refractivity contribution < 1.29 is 9.53 Å². The number of fused-ring (bicyclic) bond motifs is 1. The Kier molecular flexibility index (Phi) is 4.14. The number of carbonyl (C=O) groups is 1. The van der Waals surface area contributed by atoms with Crippen LogP contribution in [0.1, 0.15) is 12.5 Å². The van der Waals surface area contributed by atoms with Gasteiger partial charge in [0.15, 0.2) is 5.60 Å². The third-order valence-electron chi connectivity index (χ3n) is 4.26. The summed E-state index contributed by atoms with van der Waals surface area (Å²) in [5.41, 5.74) is 0.358. The Morgan fingerprint density at radius 2 is 2.05 bits per heavy atom. The Hall–Kier alpha value is -1.91. The van der Waals surface area contributed by atoms with E-state index in [1.807, 2.05) is 32.2 Å². The van der Waals surface area contributed by atoms with Gasteiger partial charge in [-0.2, -0.15) is 0 Å². The average Bonchev–Trinajstić information content (AvgIpc) is 2.52. The van der Waals surface area contributed by atoms with Crippen LogP contribution in [-0.4, -0.2) is 43.2 Å². The predicted molar refractivity (Wildman–Crippen MR) is 87.6 cm³/mol. The van der Waals surface area contributed by atoms with E-state index in [2.05, 4.69) is 34.5 Å². The highest BCUT2D eigenvalue weighted by atomic mass is 16.5. The second kappa shape index (κ2) is 6.07. The summed E-state index contributed by atoms with van der Waals surface area (Å²) in [7, 11) is 2.01. The van der Waals surface area contributed by atoms with Crippen LogP contribution in [0.4, 0.5) is 0 Å². The lowest BCUT2D eigenvalue weighted by atomic mass is 10.0. The van der Waals surface area contributed by atoms with Crippen LogP contribution in [0, 0.1) is 0 Å². The molecule has 2 aromatic rings. The Bertz CT molecular complexity index is 680. The molecule has 1 atom stereocenters. The molecule has 0 spiro atoms. The first kappa shape index (κ1) is 15.0. The molecule has 2 aromatic carbocycles. The van der Waals surface area contributed by atoms with E-state index in [0.717, 1.165) is 12.1 Å². The molecule has 1 amide bonds. The van der Waals surface area contributed by atoms with E-state index in [9.17, 15) is 4.79 Å². The van der Waals surface area contributed by atoms with Crippen molar-refractivity contribution in [3.63, 3.8) is 0 Å². The van der Waals surface area contributed by atoms with Gasteiger partial charge >= 0.3 is 0 Å². The fraction of sp³-hybridized carbons (Fsp3) is 0.389. The summed E-state index contributed by atoms with van der Waals surface area (Å²) in [5, 5.41) is 5.40. The van der Waals surface area contributed by atoms with Crippen LogP contribution in [0.15, 0.2) is 42.5 Å². The number of nitrogens with zero attached hydrogens (tertiary/aromatic N) is 1. The topological polar surface area (TPSA) is 41.6 Å². The number of rotatable bonds is 3. The van der Waals surface area contributed by atoms with Gasteiger partial charge in [-0.25, -0.2) is 0 Å². The molecule has 4 heteroatoms. The third kappa shape index (κ3) is 2.98. The molecule has 0 aliphatic carbocycles. The largest absolute Gasteiger partial charge is 0.363 e. The lowest BCUT2D eigenvalue weighted by molar-refractivity contribution is -0.155. The van der Waals surface area contributed by atoms with Gasteiger partial charge in [-0.05, 0) is 30.3 Å². The van der Waals surface area contributed by atoms with E-state index in [1.54, 1.807) is 0 Å². The van der Waals surface area contributed by atoms with Crippen molar-refractivity contribution in [3.05, 3.63) is 48.0 Å². The molecule has 0 radical (unpaired) electrons. The molecule has 4 nitrogen and oxygen atoms in total. The molecule has 1 aliphatic heterocycles. The number of morpholine rings is 1. The average molecular weight is 298 g/mol. The molecule has 1 aliphatic rings. The Morgan fingerprint density at radius 1 is 1.27 bits per heavy atom. The number of nitrogens with one attached hydrogen (secondary N) is 1. The minimum atomic E-state index is -0.766. The van der Waals surface area contributed by atoms with Gasteiger partial charge in [-0.15, -0.1) is 0 Å². The number of hydrogen-bond acceptors (Lipinski definition) is 3. The first-order valence-electron chi connectivity index (χ1n) is 7.66. The molecular weight excluding hydrogens is 276 g/mol. The van der Waals surface area contributed by atoms with Crippen molar-refractivity contribution >= 4 is 16.7 Å². The summed E-state index contributed by atoms with van der Waals surface area (Å²) in [5.74, 6) is -0.0491. The van der Waals surface area contributed by atoms with Crippen molar-refractivity contribution in [2.45, 2.75) is 19.1 Å². The second-order valence-electron chi connectivity index (χ2n) is 6.14. The maximum Gasteiger partial charge on any atom is 0.253 e. The molecule has 1 heterocycles. The van der Waals surface area contributed by atoms with E-state index < -0.39 is 5.60 Å². The first-order valence-corrected chi connectivity index (χ1v) is 7.66. The molecule has 1 unspecified atom stereocenters. The fourth-order valence-corrected chi connectivity index (χ4v) is 3.01. The maximum atomic E-state index is 12.5. The monoisotopic (exact) mass is 298 g/mol. The standard InChI is InChI=1S/C18H22N2O2/c1-18(13-20(2)10-11-22-18)17(21)19-12-15-8-5-7-14-6-3-4-9-16(14)15/h3-9H,10-13H2,1-2H3,(H,19,21). The van der Waals surface area contributed by atoms with Gasteiger partial charge < -0.3 is 15.0 Å². The van der Waals surface area contributed by atoms with E-state index in [0.29, 0.717) is 19.7 Å². The van der Waals surface area contributed by atoms with Crippen LogP contribution in [0.3, 0.4) is 0 Å². The zero-order chi connectivity index (χ0) is 15.6. The summed E-state index contributed by atoms with van der Waals surface area (Å²) in [6.45, 7) is 4.46. The molecular formula is C18H22N2O2. The van der Waals surface area contributed by atoms with E-state index in [-0.39, 0.29) is 5.91 Å². The van der Waals surface area contributed by atoms with Gasteiger partial charge in [0.25, 0.3) is 5.91 Å². The van der Waals surface area contributed by atoms with Crippen molar-refractivity contribution in [2.75, 3.05) is 26.7 Å². The third-order valence-corrected chi connectivity index (χ3v) is 4.26. The van der Waals surface area contributed by atoms with Gasteiger partial charge in [0.2, 0.25) is 0 Å². The van der Waals surface area contributed by atoms with Crippen molar-refractivity contribution in [3.8, 4) is 0 Å². The molecule has 1 fully saturated rings. The highest BCUT2D eigenvalue weighted by Gasteiger charge is 2.37. The number of amides is 1. The predicted octanol–water partition coefficient (Wildman–Crippen LogP) is 2.18.